The second kappa shape index (κ2) is 6.40. The van der Waals surface area contributed by atoms with Gasteiger partial charge in [0.25, 0.3) is 0 Å². The van der Waals surface area contributed by atoms with E-state index in [2.05, 4.69) is 4.98 Å². The van der Waals surface area contributed by atoms with Gasteiger partial charge in [0.15, 0.2) is 0 Å². The fraction of sp³-hybridized carbons (Fsp3) is 0.250. The predicted octanol–water partition coefficient (Wildman–Crippen LogP) is 2.37. The van der Waals surface area contributed by atoms with Crippen molar-refractivity contribution in [3.63, 3.8) is 0 Å². The number of hydrogen-bond donors (Lipinski definition) is 0. The predicted molar refractivity (Wildman–Crippen MR) is 88.3 cm³/mol. The minimum Gasteiger partial charge on any atom is -0.471 e. The molecule has 1 saturated heterocycles. The third kappa shape index (κ3) is 3.22. The van der Waals surface area contributed by atoms with Crippen LogP contribution < -0.4 is 4.74 Å². The van der Waals surface area contributed by atoms with E-state index in [0.717, 1.165) is 0 Å². The van der Waals surface area contributed by atoms with Gasteiger partial charge in [-0.3, -0.25) is 0 Å². The summed E-state index contributed by atoms with van der Waals surface area (Å²) in [7, 11) is -3.60. The number of rotatable bonds is 4. The SMILES string of the molecule is Cc1ccc(Cl)cc1S(=O)(=O)N1CC(Oc2cc(C#N)ccn2)C1. The van der Waals surface area contributed by atoms with Crippen molar-refractivity contribution in [3.05, 3.63) is 52.7 Å². The van der Waals surface area contributed by atoms with Gasteiger partial charge in [0.05, 0.1) is 29.6 Å². The van der Waals surface area contributed by atoms with Crippen molar-refractivity contribution in [2.24, 2.45) is 0 Å². The van der Waals surface area contributed by atoms with E-state index in [1.165, 1.54) is 22.6 Å². The zero-order valence-electron chi connectivity index (χ0n) is 12.8. The standard InChI is InChI=1S/C16H14ClN3O3S/c1-11-2-3-13(17)7-15(11)24(21,22)20-9-14(10-20)23-16-6-12(8-18)4-5-19-16/h2-7,14H,9-10H2,1H3. The van der Waals surface area contributed by atoms with Crippen molar-refractivity contribution in [2.75, 3.05) is 13.1 Å². The summed E-state index contributed by atoms with van der Waals surface area (Å²) in [6.07, 6.45) is 1.19. The highest BCUT2D eigenvalue weighted by Crippen LogP contribution is 2.28. The molecule has 2 aromatic rings. The molecule has 1 fully saturated rings. The molecule has 0 aliphatic carbocycles. The fourth-order valence-electron chi connectivity index (χ4n) is 2.38. The lowest BCUT2D eigenvalue weighted by molar-refractivity contribution is 0.0720. The van der Waals surface area contributed by atoms with Gasteiger partial charge in [0.1, 0.15) is 6.10 Å². The van der Waals surface area contributed by atoms with Crippen molar-refractivity contribution in [2.45, 2.75) is 17.9 Å². The van der Waals surface area contributed by atoms with Crippen molar-refractivity contribution in [1.29, 1.82) is 5.26 Å². The van der Waals surface area contributed by atoms with Crippen molar-refractivity contribution in [1.82, 2.24) is 9.29 Å². The monoisotopic (exact) mass is 363 g/mol. The van der Waals surface area contributed by atoms with Crippen LogP contribution in [0.4, 0.5) is 0 Å². The molecule has 2 heterocycles. The van der Waals surface area contributed by atoms with Gasteiger partial charge >= 0.3 is 0 Å². The second-order valence-electron chi connectivity index (χ2n) is 5.47. The van der Waals surface area contributed by atoms with Crippen molar-refractivity contribution < 1.29 is 13.2 Å². The summed E-state index contributed by atoms with van der Waals surface area (Å²) in [6.45, 7) is 2.19. The molecule has 24 heavy (non-hydrogen) atoms. The molecule has 0 saturated carbocycles. The Balaban J connectivity index is 1.69. The van der Waals surface area contributed by atoms with E-state index >= 15 is 0 Å². The summed E-state index contributed by atoms with van der Waals surface area (Å²) in [5.74, 6) is 0.315. The van der Waals surface area contributed by atoms with Crippen LogP contribution in [0.1, 0.15) is 11.1 Å². The topological polar surface area (TPSA) is 83.3 Å². The van der Waals surface area contributed by atoms with Gasteiger partial charge < -0.3 is 4.74 Å². The van der Waals surface area contributed by atoms with Crippen molar-refractivity contribution in [3.8, 4) is 11.9 Å². The number of aromatic nitrogens is 1. The van der Waals surface area contributed by atoms with E-state index in [-0.39, 0.29) is 24.1 Å². The molecular weight excluding hydrogens is 350 g/mol. The van der Waals surface area contributed by atoms with Crippen LogP contribution in [0.15, 0.2) is 41.4 Å². The maximum absolute atomic E-state index is 12.6. The first-order valence-corrected chi connectivity index (χ1v) is 9.01. The van der Waals surface area contributed by atoms with Crippen LogP contribution in [0.5, 0.6) is 5.88 Å². The third-order valence-corrected chi connectivity index (χ3v) is 5.94. The number of nitriles is 1. The van der Waals surface area contributed by atoms with Crippen LogP contribution in [0, 0.1) is 18.3 Å². The number of halogens is 1. The molecule has 1 aliphatic rings. The van der Waals surface area contributed by atoms with E-state index in [4.69, 9.17) is 21.6 Å². The van der Waals surface area contributed by atoms with Gasteiger partial charge in [-0.1, -0.05) is 17.7 Å². The number of benzene rings is 1. The van der Waals surface area contributed by atoms with Crippen LogP contribution in [-0.2, 0) is 10.0 Å². The van der Waals surface area contributed by atoms with Crippen LogP contribution in [-0.4, -0.2) is 36.9 Å². The Kier molecular flexibility index (Phi) is 4.45. The van der Waals surface area contributed by atoms with E-state index in [1.807, 2.05) is 6.07 Å². The number of aryl methyl sites for hydroxylation is 1. The number of ether oxygens (including phenoxy) is 1. The van der Waals surface area contributed by atoms with E-state index < -0.39 is 10.0 Å². The Hall–Kier alpha value is -2.14. The van der Waals surface area contributed by atoms with Gasteiger partial charge in [-0.2, -0.15) is 9.57 Å². The van der Waals surface area contributed by atoms with E-state index in [1.54, 1.807) is 25.1 Å². The number of pyridine rings is 1. The Morgan fingerprint density at radius 1 is 1.33 bits per heavy atom. The zero-order valence-corrected chi connectivity index (χ0v) is 14.4. The first-order chi connectivity index (χ1) is 11.4. The summed E-state index contributed by atoms with van der Waals surface area (Å²) in [5, 5.41) is 9.24. The average molecular weight is 364 g/mol. The zero-order chi connectivity index (χ0) is 17.3. The molecule has 0 bridgehead atoms. The number of nitrogens with zero attached hydrogens (tertiary/aromatic N) is 3. The molecule has 8 heteroatoms. The molecule has 124 valence electrons. The largest absolute Gasteiger partial charge is 0.471 e. The summed E-state index contributed by atoms with van der Waals surface area (Å²) in [6, 6.07) is 9.90. The highest BCUT2D eigenvalue weighted by molar-refractivity contribution is 7.89. The molecule has 3 rings (SSSR count). The average Bonchev–Trinajstić information content (AvgIpc) is 2.52. The lowest BCUT2D eigenvalue weighted by Gasteiger charge is -2.37. The number of hydrogen-bond acceptors (Lipinski definition) is 5. The molecule has 0 N–H and O–H groups in total. The molecule has 1 aromatic carbocycles. The van der Waals surface area contributed by atoms with Gasteiger partial charge in [0, 0.05) is 17.3 Å². The summed E-state index contributed by atoms with van der Waals surface area (Å²) in [5.41, 5.74) is 1.09. The lowest BCUT2D eigenvalue weighted by atomic mass is 10.2. The van der Waals surface area contributed by atoms with Crippen LogP contribution >= 0.6 is 11.6 Å². The first-order valence-electron chi connectivity index (χ1n) is 7.19. The van der Waals surface area contributed by atoms with Gasteiger partial charge in [-0.15, -0.1) is 0 Å². The maximum Gasteiger partial charge on any atom is 0.243 e. The second-order valence-corrected chi connectivity index (χ2v) is 7.81. The molecule has 0 atom stereocenters. The van der Waals surface area contributed by atoms with E-state index in [0.29, 0.717) is 22.0 Å². The van der Waals surface area contributed by atoms with Gasteiger partial charge in [-0.05, 0) is 30.7 Å². The smallest absolute Gasteiger partial charge is 0.243 e. The molecular formula is C16H14ClN3O3S. The van der Waals surface area contributed by atoms with Gasteiger partial charge in [0.2, 0.25) is 15.9 Å². The Morgan fingerprint density at radius 2 is 2.08 bits per heavy atom. The maximum atomic E-state index is 12.6. The van der Waals surface area contributed by atoms with Crippen molar-refractivity contribution >= 4 is 21.6 Å². The molecule has 0 unspecified atom stereocenters. The minimum atomic E-state index is -3.60. The Labute approximate surface area is 145 Å². The van der Waals surface area contributed by atoms with Gasteiger partial charge in [-0.25, -0.2) is 13.4 Å². The summed E-state index contributed by atoms with van der Waals surface area (Å²) >= 11 is 5.91. The molecule has 0 amide bonds. The van der Waals surface area contributed by atoms with Crippen LogP contribution in [0.2, 0.25) is 5.02 Å². The molecule has 1 aliphatic heterocycles. The lowest BCUT2D eigenvalue weighted by Crippen LogP contribution is -2.56. The molecule has 0 radical (unpaired) electrons. The first kappa shape index (κ1) is 16.7. The molecule has 1 aromatic heterocycles. The van der Waals surface area contributed by atoms with E-state index in [9.17, 15) is 8.42 Å². The highest BCUT2D eigenvalue weighted by atomic mass is 35.5. The summed E-state index contributed by atoms with van der Waals surface area (Å²) in [4.78, 5) is 4.23. The Morgan fingerprint density at radius 3 is 2.79 bits per heavy atom. The molecule has 6 nitrogen and oxygen atoms in total. The van der Waals surface area contributed by atoms with Crippen LogP contribution in [0.3, 0.4) is 0 Å². The fourth-order valence-corrected chi connectivity index (χ4v) is 4.37. The third-order valence-electron chi connectivity index (χ3n) is 3.73. The van der Waals surface area contributed by atoms with Crippen LogP contribution in [0.25, 0.3) is 0 Å². The normalized spacial score (nSPS) is 15.5. The highest BCUT2D eigenvalue weighted by Gasteiger charge is 2.39. The Bertz CT molecular complexity index is 918. The quantitative estimate of drug-likeness (QED) is 0.832. The summed E-state index contributed by atoms with van der Waals surface area (Å²) < 4.78 is 32.2. The minimum absolute atomic E-state index is 0.207. The molecule has 0 spiro atoms. The number of sulfonamides is 1.